The monoisotopic (exact) mass is 307 g/mol. The maximum absolute atomic E-state index is 12.6. The molecule has 0 fully saturated rings. The maximum atomic E-state index is 12.6. The summed E-state index contributed by atoms with van der Waals surface area (Å²) in [5.74, 6) is 1.20. The van der Waals surface area contributed by atoms with Crippen molar-refractivity contribution in [2.45, 2.75) is 32.2 Å². The van der Waals surface area contributed by atoms with Gasteiger partial charge in [0.1, 0.15) is 5.75 Å². The van der Waals surface area contributed by atoms with Gasteiger partial charge in [0.25, 0.3) is 0 Å². The quantitative estimate of drug-likeness (QED) is 0.853. The first-order chi connectivity index (χ1) is 11.3. The summed E-state index contributed by atoms with van der Waals surface area (Å²) in [4.78, 5) is 14.6. The summed E-state index contributed by atoms with van der Waals surface area (Å²) in [7, 11) is 0. The van der Waals surface area contributed by atoms with E-state index >= 15 is 0 Å². The highest BCUT2D eigenvalue weighted by Crippen LogP contribution is 2.26. The highest BCUT2D eigenvalue weighted by molar-refractivity contribution is 5.79. The normalized spacial score (nSPS) is 16.3. The van der Waals surface area contributed by atoms with Crippen LogP contribution in [0.5, 0.6) is 5.75 Å². The average Bonchev–Trinajstić information content (AvgIpc) is 2.61. The zero-order valence-electron chi connectivity index (χ0n) is 13.3. The summed E-state index contributed by atoms with van der Waals surface area (Å²) in [6, 6.07) is 14.6. The number of rotatable bonds is 2. The standard InChI is InChI=1S/C20H21NO2/c22-20(21-10-9-16-4-1-2-5-18(16)14-21)13-15-7-8-19-17(12-15)6-3-11-23-19/h1-2,4-5,7-8,12H,3,6,9-11,13-14H2. The number of carbonyl (C=O) groups is 1. The van der Waals surface area contributed by atoms with Crippen LogP contribution in [0.15, 0.2) is 42.5 Å². The molecule has 2 aliphatic heterocycles. The third-order valence-corrected chi connectivity index (χ3v) is 4.81. The minimum absolute atomic E-state index is 0.219. The Labute approximate surface area is 136 Å². The number of hydrogen-bond acceptors (Lipinski definition) is 2. The molecular formula is C20H21NO2. The third kappa shape index (κ3) is 2.96. The van der Waals surface area contributed by atoms with Crippen molar-refractivity contribution >= 4 is 5.91 Å². The molecule has 2 aromatic rings. The van der Waals surface area contributed by atoms with E-state index in [1.54, 1.807) is 0 Å². The van der Waals surface area contributed by atoms with Crippen LogP contribution in [-0.2, 0) is 30.6 Å². The van der Waals surface area contributed by atoms with Crippen LogP contribution in [-0.4, -0.2) is 24.0 Å². The Morgan fingerprint density at radius 1 is 1.04 bits per heavy atom. The highest BCUT2D eigenvalue weighted by atomic mass is 16.5. The molecule has 1 amide bonds. The molecule has 2 aliphatic rings. The van der Waals surface area contributed by atoms with Gasteiger partial charge in [-0.05, 0) is 47.6 Å². The van der Waals surface area contributed by atoms with Gasteiger partial charge in [0.15, 0.2) is 0 Å². The molecule has 0 unspecified atom stereocenters. The van der Waals surface area contributed by atoms with Crippen molar-refractivity contribution in [1.29, 1.82) is 0 Å². The molecule has 0 atom stereocenters. The number of benzene rings is 2. The first-order valence-electron chi connectivity index (χ1n) is 8.39. The van der Waals surface area contributed by atoms with Gasteiger partial charge < -0.3 is 9.64 Å². The second-order valence-electron chi connectivity index (χ2n) is 6.40. The van der Waals surface area contributed by atoms with E-state index in [0.717, 1.165) is 50.3 Å². The number of carbonyl (C=O) groups excluding carboxylic acids is 1. The van der Waals surface area contributed by atoms with E-state index in [4.69, 9.17) is 4.74 Å². The molecule has 4 rings (SSSR count). The maximum Gasteiger partial charge on any atom is 0.227 e. The van der Waals surface area contributed by atoms with E-state index in [9.17, 15) is 4.79 Å². The van der Waals surface area contributed by atoms with Crippen LogP contribution in [0.1, 0.15) is 28.7 Å². The van der Waals surface area contributed by atoms with E-state index in [1.165, 1.54) is 16.7 Å². The van der Waals surface area contributed by atoms with Crippen molar-refractivity contribution < 1.29 is 9.53 Å². The van der Waals surface area contributed by atoms with Crippen molar-refractivity contribution in [3.8, 4) is 5.75 Å². The lowest BCUT2D eigenvalue weighted by atomic mass is 9.98. The van der Waals surface area contributed by atoms with Gasteiger partial charge in [0.2, 0.25) is 5.91 Å². The van der Waals surface area contributed by atoms with Crippen molar-refractivity contribution in [3.05, 3.63) is 64.7 Å². The van der Waals surface area contributed by atoms with Crippen molar-refractivity contribution in [3.63, 3.8) is 0 Å². The molecule has 0 aliphatic carbocycles. The number of hydrogen-bond donors (Lipinski definition) is 0. The second kappa shape index (κ2) is 6.07. The zero-order valence-corrected chi connectivity index (χ0v) is 13.3. The van der Waals surface area contributed by atoms with Gasteiger partial charge in [-0.15, -0.1) is 0 Å². The van der Waals surface area contributed by atoms with Gasteiger partial charge in [0, 0.05) is 13.1 Å². The Bertz CT molecular complexity index is 738. The van der Waals surface area contributed by atoms with Crippen LogP contribution in [0, 0.1) is 0 Å². The van der Waals surface area contributed by atoms with Gasteiger partial charge in [-0.3, -0.25) is 4.79 Å². The largest absolute Gasteiger partial charge is 0.493 e. The Morgan fingerprint density at radius 3 is 2.83 bits per heavy atom. The molecule has 0 saturated heterocycles. The average molecular weight is 307 g/mol. The molecule has 0 aromatic heterocycles. The Morgan fingerprint density at radius 2 is 1.91 bits per heavy atom. The van der Waals surface area contributed by atoms with Gasteiger partial charge in [-0.1, -0.05) is 36.4 Å². The van der Waals surface area contributed by atoms with Crippen LogP contribution in [0.25, 0.3) is 0 Å². The molecule has 2 heterocycles. The minimum Gasteiger partial charge on any atom is -0.493 e. The van der Waals surface area contributed by atoms with Crippen molar-refractivity contribution in [2.24, 2.45) is 0 Å². The summed E-state index contributed by atoms with van der Waals surface area (Å²) >= 11 is 0. The van der Waals surface area contributed by atoms with E-state index < -0.39 is 0 Å². The molecule has 2 aromatic carbocycles. The van der Waals surface area contributed by atoms with Crippen LogP contribution in [0.4, 0.5) is 0 Å². The fraction of sp³-hybridized carbons (Fsp3) is 0.350. The lowest BCUT2D eigenvalue weighted by Crippen LogP contribution is -2.36. The number of amides is 1. The van der Waals surface area contributed by atoms with Gasteiger partial charge >= 0.3 is 0 Å². The van der Waals surface area contributed by atoms with Crippen LogP contribution in [0.3, 0.4) is 0 Å². The lowest BCUT2D eigenvalue weighted by molar-refractivity contribution is -0.131. The Balaban J connectivity index is 1.46. The van der Waals surface area contributed by atoms with Gasteiger partial charge in [-0.25, -0.2) is 0 Å². The number of fused-ring (bicyclic) bond motifs is 2. The van der Waals surface area contributed by atoms with E-state index in [1.807, 2.05) is 17.0 Å². The predicted octanol–water partition coefficient (Wildman–Crippen LogP) is 3.14. The molecular weight excluding hydrogens is 286 g/mol. The minimum atomic E-state index is 0.219. The van der Waals surface area contributed by atoms with E-state index in [2.05, 4.69) is 30.3 Å². The van der Waals surface area contributed by atoms with Crippen LogP contribution >= 0.6 is 0 Å². The van der Waals surface area contributed by atoms with Gasteiger partial charge in [0.05, 0.1) is 13.0 Å². The topological polar surface area (TPSA) is 29.5 Å². The van der Waals surface area contributed by atoms with Crippen LogP contribution < -0.4 is 4.74 Å². The zero-order chi connectivity index (χ0) is 15.6. The highest BCUT2D eigenvalue weighted by Gasteiger charge is 2.21. The predicted molar refractivity (Wildman–Crippen MR) is 89.5 cm³/mol. The molecule has 0 bridgehead atoms. The SMILES string of the molecule is O=C(Cc1ccc2c(c1)CCCO2)N1CCc2ccccc2C1. The molecule has 3 nitrogen and oxygen atoms in total. The summed E-state index contributed by atoms with van der Waals surface area (Å²) < 4.78 is 5.64. The molecule has 0 saturated carbocycles. The van der Waals surface area contributed by atoms with E-state index in [0.29, 0.717) is 6.42 Å². The first-order valence-corrected chi connectivity index (χ1v) is 8.39. The summed E-state index contributed by atoms with van der Waals surface area (Å²) in [6.07, 6.45) is 3.55. The molecule has 0 spiro atoms. The smallest absolute Gasteiger partial charge is 0.227 e. The first kappa shape index (κ1) is 14.3. The second-order valence-corrected chi connectivity index (χ2v) is 6.40. The fourth-order valence-corrected chi connectivity index (χ4v) is 3.52. The lowest BCUT2D eigenvalue weighted by Gasteiger charge is -2.29. The van der Waals surface area contributed by atoms with Gasteiger partial charge in [-0.2, -0.15) is 0 Å². The van der Waals surface area contributed by atoms with Crippen LogP contribution in [0.2, 0.25) is 0 Å². The molecule has 3 heteroatoms. The number of ether oxygens (including phenoxy) is 1. The third-order valence-electron chi connectivity index (χ3n) is 4.81. The molecule has 0 radical (unpaired) electrons. The molecule has 0 N–H and O–H groups in total. The fourth-order valence-electron chi connectivity index (χ4n) is 3.52. The van der Waals surface area contributed by atoms with Crippen molar-refractivity contribution in [2.75, 3.05) is 13.2 Å². The molecule has 118 valence electrons. The number of nitrogens with zero attached hydrogens (tertiary/aromatic N) is 1. The van der Waals surface area contributed by atoms with E-state index in [-0.39, 0.29) is 5.91 Å². The summed E-state index contributed by atoms with van der Waals surface area (Å²) in [5.41, 5.74) is 5.00. The Kier molecular flexibility index (Phi) is 3.78. The Hall–Kier alpha value is -2.29. The summed E-state index contributed by atoms with van der Waals surface area (Å²) in [6.45, 7) is 2.37. The van der Waals surface area contributed by atoms with Crippen molar-refractivity contribution in [1.82, 2.24) is 4.90 Å². The summed E-state index contributed by atoms with van der Waals surface area (Å²) in [5, 5.41) is 0. The molecule has 23 heavy (non-hydrogen) atoms. The number of aryl methyl sites for hydroxylation is 1.